The molecule has 45 heavy (non-hydrogen) atoms. The van der Waals surface area contributed by atoms with E-state index < -0.39 is 94.9 Å². The molecule has 0 aliphatic heterocycles. The van der Waals surface area contributed by atoms with Gasteiger partial charge in [0, 0.05) is 35.9 Å². The summed E-state index contributed by atoms with van der Waals surface area (Å²) in [4.78, 5) is 41.2. The topological polar surface area (TPSA) is 153 Å². The molecule has 0 fully saturated rings. The van der Waals surface area contributed by atoms with Crippen LogP contribution in [0.5, 0.6) is 5.75 Å². The zero-order chi connectivity index (χ0) is 33.1. The number of hydrogen-bond acceptors (Lipinski definition) is 8. The number of aromatic hydroxyl groups is 1. The number of aliphatic hydroxyl groups is 2. The Kier molecular flexibility index (Phi) is 8.25. The molecule has 0 heterocycles. The Hall–Kier alpha value is -4.30. The summed E-state index contributed by atoms with van der Waals surface area (Å²) < 4.78 is 67.0. The minimum atomic E-state index is -4.45. The fourth-order valence-corrected chi connectivity index (χ4v) is 6.93. The van der Waals surface area contributed by atoms with Crippen LogP contribution >= 0.6 is 0 Å². The highest BCUT2D eigenvalue weighted by molar-refractivity contribution is 6.22. The van der Waals surface area contributed by atoms with Gasteiger partial charge in [-0.05, 0) is 68.1 Å². The average molecular weight is 636 g/mol. The van der Waals surface area contributed by atoms with Crippen LogP contribution in [0.4, 0.5) is 22.0 Å². The van der Waals surface area contributed by atoms with Crippen LogP contribution in [0.3, 0.4) is 0 Å². The molecule has 0 radical (unpaired) electrons. The van der Waals surface area contributed by atoms with E-state index in [1.165, 1.54) is 6.07 Å². The summed E-state index contributed by atoms with van der Waals surface area (Å²) in [6, 6.07) is 3.14. The predicted octanol–water partition coefficient (Wildman–Crippen LogP) is 3.99. The Morgan fingerprint density at radius 3 is 2.36 bits per heavy atom. The van der Waals surface area contributed by atoms with Gasteiger partial charge in [0.1, 0.15) is 34.5 Å². The first kappa shape index (κ1) is 32.1. The van der Waals surface area contributed by atoms with Crippen LogP contribution in [0.1, 0.15) is 34.3 Å². The fourth-order valence-electron chi connectivity index (χ4n) is 6.93. The molecule has 1 amide bonds. The molecule has 0 saturated heterocycles. The highest BCUT2D eigenvalue weighted by Crippen LogP contribution is 2.52. The normalized spacial score (nSPS) is 23.3. The number of aliphatic hydroxyl groups excluding tert-OH is 2. The van der Waals surface area contributed by atoms with Gasteiger partial charge in [0.05, 0.1) is 23.9 Å². The van der Waals surface area contributed by atoms with E-state index in [0.29, 0.717) is 6.07 Å². The SMILES string of the molecule is CN(C)[C@@H]1C(O)=C(C(N)=O)C(=O)C2C(O)=C3C(=O)c4c(O)c(CNCCC(F)(F)F)cc(-c5ccc(F)cc5F)c4CC3CC21. The lowest BCUT2D eigenvalue weighted by Crippen LogP contribution is -2.53. The van der Waals surface area contributed by atoms with Crippen molar-refractivity contribution in [3.8, 4) is 16.9 Å². The van der Waals surface area contributed by atoms with E-state index in [2.05, 4.69) is 5.32 Å². The Bertz CT molecular complexity index is 1680. The molecule has 0 saturated carbocycles. The number of likely N-dealkylation sites (N-methyl/N-ethyl adjacent to an activating group) is 1. The van der Waals surface area contributed by atoms with E-state index in [1.807, 2.05) is 0 Å². The van der Waals surface area contributed by atoms with Gasteiger partial charge in [-0.1, -0.05) is 0 Å². The van der Waals surface area contributed by atoms with E-state index in [4.69, 9.17) is 5.73 Å². The summed E-state index contributed by atoms with van der Waals surface area (Å²) in [5, 5.41) is 36.2. The summed E-state index contributed by atoms with van der Waals surface area (Å²) in [5.74, 6) is -9.79. The Labute approximate surface area is 253 Å². The van der Waals surface area contributed by atoms with Crippen LogP contribution in [0.25, 0.3) is 11.1 Å². The van der Waals surface area contributed by atoms with Gasteiger partial charge in [-0.3, -0.25) is 19.3 Å². The lowest BCUT2D eigenvalue weighted by molar-refractivity contribution is -0.133. The summed E-state index contributed by atoms with van der Waals surface area (Å²) in [7, 11) is 3.17. The van der Waals surface area contributed by atoms with E-state index >= 15 is 4.39 Å². The number of halogens is 5. The largest absolute Gasteiger partial charge is 0.511 e. The first-order chi connectivity index (χ1) is 21.0. The van der Waals surface area contributed by atoms with Gasteiger partial charge < -0.3 is 26.4 Å². The third-order valence-electron chi connectivity index (χ3n) is 8.77. The molecule has 3 unspecified atom stereocenters. The maximum atomic E-state index is 15.1. The van der Waals surface area contributed by atoms with Crippen LogP contribution in [0.2, 0.25) is 0 Å². The van der Waals surface area contributed by atoms with Gasteiger partial charge in [0.25, 0.3) is 5.91 Å². The van der Waals surface area contributed by atoms with Crippen molar-refractivity contribution in [2.75, 3.05) is 20.6 Å². The van der Waals surface area contributed by atoms with E-state index in [-0.39, 0.29) is 52.8 Å². The van der Waals surface area contributed by atoms with E-state index in [1.54, 1.807) is 19.0 Å². The number of rotatable bonds is 7. The number of nitrogens with one attached hydrogen (secondary N) is 1. The second-order valence-electron chi connectivity index (χ2n) is 11.8. The van der Waals surface area contributed by atoms with Crippen molar-refractivity contribution in [1.82, 2.24) is 10.2 Å². The van der Waals surface area contributed by atoms with Crippen molar-refractivity contribution in [3.05, 3.63) is 75.3 Å². The smallest absolute Gasteiger partial charge is 0.390 e. The van der Waals surface area contributed by atoms with Gasteiger partial charge in [0.2, 0.25) is 0 Å². The number of nitrogens with zero attached hydrogens (tertiary/aromatic N) is 1. The average Bonchev–Trinajstić information content (AvgIpc) is 2.91. The number of fused-ring (bicyclic) bond motifs is 3. The number of nitrogens with two attached hydrogens (primary N) is 1. The quantitative estimate of drug-likeness (QED) is 0.174. The van der Waals surface area contributed by atoms with E-state index in [0.717, 1.165) is 12.1 Å². The molecule has 240 valence electrons. The summed E-state index contributed by atoms with van der Waals surface area (Å²) in [6.07, 6.45) is -5.65. The number of amides is 1. The minimum absolute atomic E-state index is 0.0484. The van der Waals surface area contributed by atoms with E-state index in [9.17, 15) is 47.3 Å². The zero-order valence-corrected chi connectivity index (χ0v) is 24.1. The summed E-state index contributed by atoms with van der Waals surface area (Å²) >= 11 is 0. The molecule has 9 nitrogen and oxygen atoms in total. The second kappa shape index (κ2) is 11.6. The standard InChI is InChI=1S/C31H30F5N3O6/c1-39(2)24-18-8-12-7-17-16(15-4-3-14(32)10-19(15)33)9-13(11-38-6-5-31(34,35)36)25(40)21(17)26(41)20(12)27(42)22(18)28(43)23(29(24)44)30(37)45/h3-4,9-10,12,18,22,24,38,40,42,44H,5-8,11H2,1-2H3,(H2,37,45)/t12?,18?,22?,24-/m0/s1. The van der Waals surface area contributed by atoms with Gasteiger partial charge in [0.15, 0.2) is 11.6 Å². The first-order valence-electron chi connectivity index (χ1n) is 14.0. The predicted molar refractivity (Wildman–Crippen MR) is 150 cm³/mol. The van der Waals surface area contributed by atoms with Gasteiger partial charge in [-0.15, -0.1) is 0 Å². The molecule has 4 atom stereocenters. The molecule has 3 aliphatic carbocycles. The Morgan fingerprint density at radius 1 is 1.07 bits per heavy atom. The number of phenolic OH excluding ortho intramolecular Hbond substituents is 1. The second-order valence-corrected chi connectivity index (χ2v) is 11.8. The number of carbonyl (C=O) groups excluding carboxylic acids is 3. The van der Waals surface area contributed by atoms with Crippen molar-refractivity contribution >= 4 is 17.5 Å². The van der Waals surface area contributed by atoms with Crippen LogP contribution in [-0.4, -0.2) is 70.6 Å². The third kappa shape index (κ3) is 5.56. The molecular formula is C31H30F5N3O6. The number of ketones is 2. The molecule has 14 heteroatoms. The monoisotopic (exact) mass is 635 g/mol. The van der Waals surface area contributed by atoms with Crippen LogP contribution in [0, 0.1) is 29.4 Å². The van der Waals surface area contributed by atoms with Gasteiger partial charge in [-0.25, -0.2) is 8.78 Å². The van der Waals surface area contributed by atoms with Gasteiger partial charge >= 0.3 is 6.18 Å². The summed E-state index contributed by atoms with van der Waals surface area (Å²) in [6.45, 7) is -0.879. The van der Waals surface area contributed by atoms with Crippen molar-refractivity contribution in [1.29, 1.82) is 0 Å². The van der Waals surface area contributed by atoms with Crippen molar-refractivity contribution in [2.45, 2.75) is 38.0 Å². The Balaban J connectivity index is 1.67. The van der Waals surface area contributed by atoms with Gasteiger partial charge in [-0.2, -0.15) is 13.2 Å². The van der Waals surface area contributed by atoms with Crippen molar-refractivity contribution in [3.63, 3.8) is 0 Å². The van der Waals surface area contributed by atoms with Crippen LogP contribution < -0.4 is 11.1 Å². The van der Waals surface area contributed by atoms with Crippen LogP contribution in [0.15, 0.2) is 46.9 Å². The molecule has 6 N–H and O–H groups in total. The number of carbonyl (C=O) groups is 3. The molecule has 2 aromatic carbocycles. The molecule has 3 aliphatic rings. The van der Waals surface area contributed by atoms with Crippen molar-refractivity contribution in [2.24, 2.45) is 23.5 Å². The minimum Gasteiger partial charge on any atom is -0.511 e. The molecule has 0 spiro atoms. The van der Waals surface area contributed by atoms with Crippen molar-refractivity contribution < 1.29 is 51.7 Å². The number of hydrogen-bond donors (Lipinski definition) is 5. The number of allylic oxidation sites excluding steroid dienone is 2. The summed E-state index contributed by atoms with van der Waals surface area (Å²) in [5.41, 5.74) is 4.18. The molecule has 2 aromatic rings. The number of phenols is 1. The number of alkyl halides is 3. The maximum Gasteiger partial charge on any atom is 0.390 e. The van der Waals surface area contributed by atoms with Crippen LogP contribution in [-0.2, 0) is 22.6 Å². The highest BCUT2D eigenvalue weighted by atomic mass is 19.4. The number of Topliss-reactive ketones (excluding diaryl/α,β-unsaturated/α-hetero) is 2. The molecule has 0 bridgehead atoms. The lowest BCUT2D eigenvalue weighted by atomic mass is 9.60. The zero-order valence-electron chi connectivity index (χ0n) is 24.1. The fraction of sp³-hybridized carbons (Fsp3) is 0.387. The molecular weight excluding hydrogens is 605 g/mol. The first-order valence-corrected chi connectivity index (χ1v) is 14.0. The lowest BCUT2D eigenvalue weighted by Gasteiger charge is -2.46. The highest BCUT2D eigenvalue weighted by Gasteiger charge is 2.54. The third-order valence-corrected chi connectivity index (χ3v) is 8.77. The Morgan fingerprint density at radius 2 is 1.76 bits per heavy atom. The maximum absolute atomic E-state index is 15.1. The number of benzene rings is 2. The number of primary amides is 1. The molecule has 0 aromatic heterocycles. The molecule has 5 rings (SSSR count).